The molecule has 1 aromatic carbocycles. The molecule has 0 aliphatic heterocycles. The molecule has 0 spiro atoms. The Bertz CT molecular complexity index is 871. The molecule has 3 aromatic rings. The molecular formula is C13H12ClN5O2. The number of aromatic nitrogens is 4. The fraction of sp³-hybridized carbons (Fsp3) is 0.154. The van der Waals surface area contributed by atoms with Crippen molar-refractivity contribution in [2.45, 2.75) is 13.5 Å². The van der Waals surface area contributed by atoms with Gasteiger partial charge in [-0.2, -0.15) is 10.1 Å². The first kappa shape index (κ1) is 13.6. The number of nitrogens with two attached hydrogens (primary N) is 1. The summed E-state index contributed by atoms with van der Waals surface area (Å²) in [5.41, 5.74) is 6.55. The van der Waals surface area contributed by atoms with Crippen LogP contribution < -0.4 is 16.2 Å². The zero-order chi connectivity index (χ0) is 15.0. The van der Waals surface area contributed by atoms with E-state index < -0.39 is 0 Å². The number of aromatic amines is 1. The predicted molar refractivity (Wildman–Crippen MR) is 77.8 cm³/mol. The minimum atomic E-state index is -0.341. The molecule has 0 atom stereocenters. The first-order chi connectivity index (χ1) is 10.1. The van der Waals surface area contributed by atoms with Gasteiger partial charge in [0.05, 0.1) is 5.02 Å². The SMILES string of the molecule is Cc1nc(Oc2ccc(CN)cc2Cl)cc2n[nH]c(=O)n12. The molecule has 0 fully saturated rings. The Morgan fingerprint density at radius 2 is 2.24 bits per heavy atom. The van der Waals surface area contributed by atoms with Crippen LogP contribution in [0.1, 0.15) is 11.4 Å². The van der Waals surface area contributed by atoms with E-state index in [1.807, 2.05) is 6.07 Å². The maximum Gasteiger partial charge on any atom is 0.349 e. The normalized spacial score (nSPS) is 11.0. The lowest BCUT2D eigenvalue weighted by Crippen LogP contribution is -2.13. The van der Waals surface area contributed by atoms with Gasteiger partial charge in [0.1, 0.15) is 11.6 Å². The van der Waals surface area contributed by atoms with Gasteiger partial charge in [-0.1, -0.05) is 17.7 Å². The summed E-state index contributed by atoms with van der Waals surface area (Å²) in [6, 6.07) is 6.84. The number of H-pyrrole nitrogens is 1. The number of benzene rings is 1. The van der Waals surface area contributed by atoms with Crippen molar-refractivity contribution in [1.29, 1.82) is 0 Å². The summed E-state index contributed by atoms with van der Waals surface area (Å²) in [5.74, 6) is 1.24. The highest BCUT2D eigenvalue weighted by atomic mass is 35.5. The van der Waals surface area contributed by atoms with Gasteiger partial charge in [-0.15, -0.1) is 0 Å². The van der Waals surface area contributed by atoms with Crippen molar-refractivity contribution in [2.24, 2.45) is 5.73 Å². The summed E-state index contributed by atoms with van der Waals surface area (Å²) >= 11 is 6.13. The van der Waals surface area contributed by atoms with E-state index >= 15 is 0 Å². The maximum atomic E-state index is 11.5. The maximum absolute atomic E-state index is 11.5. The van der Waals surface area contributed by atoms with Crippen molar-refractivity contribution in [1.82, 2.24) is 19.6 Å². The van der Waals surface area contributed by atoms with E-state index in [1.165, 1.54) is 4.40 Å². The van der Waals surface area contributed by atoms with Gasteiger partial charge < -0.3 is 10.5 Å². The van der Waals surface area contributed by atoms with Crippen LogP contribution in [0.5, 0.6) is 11.6 Å². The van der Waals surface area contributed by atoms with E-state index in [2.05, 4.69) is 15.2 Å². The first-order valence-electron chi connectivity index (χ1n) is 6.19. The molecule has 0 radical (unpaired) electrons. The van der Waals surface area contributed by atoms with Crippen LogP contribution in [0.25, 0.3) is 5.65 Å². The second-order valence-electron chi connectivity index (χ2n) is 4.43. The summed E-state index contributed by atoms with van der Waals surface area (Å²) in [6.07, 6.45) is 0. The molecule has 3 N–H and O–H groups in total. The van der Waals surface area contributed by atoms with Crippen LogP contribution in [0.2, 0.25) is 5.02 Å². The molecule has 108 valence electrons. The quantitative estimate of drug-likeness (QED) is 0.766. The third-order valence-corrected chi connectivity index (χ3v) is 3.29. The van der Waals surface area contributed by atoms with Crippen LogP contribution in [0, 0.1) is 6.92 Å². The monoisotopic (exact) mass is 305 g/mol. The first-order valence-corrected chi connectivity index (χ1v) is 6.57. The topological polar surface area (TPSA) is 98.3 Å². The van der Waals surface area contributed by atoms with Gasteiger partial charge in [0.25, 0.3) is 0 Å². The molecule has 0 unspecified atom stereocenters. The Morgan fingerprint density at radius 1 is 1.43 bits per heavy atom. The molecule has 8 heteroatoms. The van der Waals surface area contributed by atoms with Crippen molar-refractivity contribution in [3.8, 4) is 11.6 Å². The number of hydrogen-bond donors (Lipinski definition) is 2. The lowest BCUT2D eigenvalue weighted by atomic mass is 10.2. The fourth-order valence-corrected chi connectivity index (χ4v) is 2.23. The minimum absolute atomic E-state index is 0.307. The smallest absolute Gasteiger partial charge is 0.349 e. The Balaban J connectivity index is 2.00. The van der Waals surface area contributed by atoms with Crippen LogP contribution in [-0.4, -0.2) is 19.6 Å². The van der Waals surface area contributed by atoms with Gasteiger partial charge in [0, 0.05) is 12.6 Å². The van der Waals surface area contributed by atoms with Gasteiger partial charge in [-0.25, -0.2) is 14.3 Å². The molecule has 2 heterocycles. The lowest BCUT2D eigenvalue weighted by molar-refractivity contribution is 0.460. The van der Waals surface area contributed by atoms with Crippen LogP contribution >= 0.6 is 11.6 Å². The summed E-state index contributed by atoms with van der Waals surface area (Å²) in [5, 5.41) is 6.69. The zero-order valence-electron chi connectivity index (χ0n) is 11.1. The molecule has 0 aliphatic carbocycles. The van der Waals surface area contributed by atoms with Crippen LogP contribution in [0.15, 0.2) is 29.1 Å². The molecule has 3 rings (SSSR count). The third kappa shape index (κ3) is 2.48. The van der Waals surface area contributed by atoms with E-state index in [-0.39, 0.29) is 5.69 Å². The largest absolute Gasteiger partial charge is 0.437 e. The Hall–Kier alpha value is -2.38. The average molecular weight is 306 g/mol. The summed E-state index contributed by atoms with van der Waals surface area (Å²) in [6.45, 7) is 2.09. The van der Waals surface area contributed by atoms with Crippen molar-refractivity contribution in [3.63, 3.8) is 0 Å². The van der Waals surface area contributed by atoms with Crippen LogP contribution in [-0.2, 0) is 6.54 Å². The van der Waals surface area contributed by atoms with Crippen LogP contribution in [0.3, 0.4) is 0 Å². The Kier molecular flexibility index (Phi) is 3.36. The summed E-state index contributed by atoms with van der Waals surface area (Å²) in [4.78, 5) is 15.7. The highest BCUT2D eigenvalue weighted by molar-refractivity contribution is 6.32. The number of aryl methyl sites for hydroxylation is 1. The van der Waals surface area contributed by atoms with E-state index in [9.17, 15) is 4.79 Å². The molecule has 0 saturated carbocycles. The van der Waals surface area contributed by atoms with Gasteiger partial charge in [0.2, 0.25) is 5.88 Å². The van der Waals surface area contributed by atoms with Gasteiger partial charge in [0.15, 0.2) is 5.65 Å². The Labute approximate surface area is 124 Å². The molecule has 0 aliphatic rings. The van der Waals surface area contributed by atoms with Gasteiger partial charge in [-0.3, -0.25) is 0 Å². The number of hydrogen-bond acceptors (Lipinski definition) is 5. The second-order valence-corrected chi connectivity index (χ2v) is 4.84. The van der Waals surface area contributed by atoms with Crippen molar-refractivity contribution in [2.75, 3.05) is 0 Å². The molecule has 2 aromatic heterocycles. The van der Waals surface area contributed by atoms with E-state index in [0.29, 0.717) is 34.7 Å². The van der Waals surface area contributed by atoms with E-state index in [4.69, 9.17) is 22.1 Å². The number of rotatable bonds is 3. The molecule has 0 amide bonds. The second kappa shape index (κ2) is 5.19. The average Bonchev–Trinajstić information content (AvgIpc) is 2.83. The third-order valence-electron chi connectivity index (χ3n) is 2.99. The lowest BCUT2D eigenvalue weighted by Gasteiger charge is -2.08. The Morgan fingerprint density at radius 3 is 2.95 bits per heavy atom. The zero-order valence-corrected chi connectivity index (χ0v) is 11.9. The summed E-state index contributed by atoms with van der Waals surface area (Å²) < 4.78 is 7.01. The standard InChI is InChI=1S/C13H12ClN5O2/c1-7-16-12(5-11-17-18-13(20)19(7)11)21-10-3-2-8(6-15)4-9(10)14/h2-5H,6,15H2,1H3,(H,18,20). The number of ether oxygens (including phenoxy) is 1. The van der Waals surface area contributed by atoms with Crippen molar-refractivity contribution in [3.05, 3.63) is 51.2 Å². The highest BCUT2D eigenvalue weighted by Gasteiger charge is 2.10. The van der Waals surface area contributed by atoms with Crippen molar-refractivity contribution >= 4 is 17.2 Å². The molecule has 0 bridgehead atoms. The van der Waals surface area contributed by atoms with Crippen LogP contribution in [0.4, 0.5) is 0 Å². The minimum Gasteiger partial charge on any atom is -0.437 e. The number of nitrogens with one attached hydrogen (secondary N) is 1. The van der Waals surface area contributed by atoms with Crippen molar-refractivity contribution < 1.29 is 4.74 Å². The van der Waals surface area contributed by atoms with Gasteiger partial charge in [-0.05, 0) is 24.6 Å². The number of halogens is 1. The summed E-state index contributed by atoms with van der Waals surface area (Å²) in [7, 11) is 0. The molecule has 21 heavy (non-hydrogen) atoms. The van der Waals surface area contributed by atoms with E-state index in [1.54, 1.807) is 25.1 Å². The fourth-order valence-electron chi connectivity index (χ4n) is 1.99. The number of fused-ring (bicyclic) bond motifs is 1. The molecule has 0 saturated heterocycles. The molecular weight excluding hydrogens is 294 g/mol. The predicted octanol–water partition coefficient (Wildman–Crippen LogP) is 1.63. The number of nitrogens with zero attached hydrogens (tertiary/aromatic N) is 3. The van der Waals surface area contributed by atoms with Gasteiger partial charge >= 0.3 is 5.69 Å². The molecule has 7 nitrogen and oxygen atoms in total. The highest BCUT2D eigenvalue weighted by Crippen LogP contribution is 2.29. The van der Waals surface area contributed by atoms with E-state index in [0.717, 1.165) is 5.56 Å².